The van der Waals surface area contributed by atoms with Crippen LogP contribution in [0.25, 0.3) is 0 Å². The predicted octanol–water partition coefficient (Wildman–Crippen LogP) is -4.92. The standard InChI is InChI=1S/C19H25Si.3ClH.Ti/c1-3-9-18-17-13-8-7-10-15(17)14-19(18,2)20-16-11-5-4-6-12-16;;;;/h4-8,11-13,15H,3,9-10,14,20H2,1-2H3;3*1H;/q;;;;+3/p-3. The largest absolute Gasteiger partial charge is 1.00 e. The minimum atomic E-state index is -0.279. The molecule has 130 valence electrons. The van der Waals surface area contributed by atoms with Crippen molar-refractivity contribution in [2.24, 2.45) is 5.92 Å². The first kappa shape index (κ1) is 24.5. The molecule has 0 nitrogen and oxygen atoms in total. The summed E-state index contributed by atoms with van der Waals surface area (Å²) in [5, 5.41) is 2.15. The Morgan fingerprint density at radius 2 is 1.83 bits per heavy atom. The van der Waals surface area contributed by atoms with Gasteiger partial charge in [0.1, 0.15) is 0 Å². The molecule has 1 fully saturated rings. The second-order valence-corrected chi connectivity index (χ2v) is 11.1. The summed E-state index contributed by atoms with van der Waals surface area (Å²) >= 11 is 2.57. The van der Waals surface area contributed by atoms with Crippen LogP contribution in [-0.2, 0) is 20.4 Å². The Bertz CT molecular complexity index is 575. The normalized spacial score (nSPS) is 30.8. The van der Waals surface area contributed by atoms with Crippen LogP contribution in [0.3, 0.4) is 0 Å². The quantitative estimate of drug-likeness (QED) is 0.416. The number of benzene rings is 1. The van der Waals surface area contributed by atoms with Gasteiger partial charge in [0.15, 0.2) is 0 Å². The second-order valence-electron chi connectivity index (χ2n) is 7.07. The van der Waals surface area contributed by atoms with Gasteiger partial charge in [-0.25, -0.2) is 0 Å². The number of rotatable bonds is 4. The van der Waals surface area contributed by atoms with Gasteiger partial charge < -0.3 is 37.2 Å². The molecule has 0 aromatic heterocycles. The smallest absolute Gasteiger partial charge is 1.00 e. The molecule has 3 rings (SSSR count). The number of hydrogen-bond donors (Lipinski definition) is 0. The van der Waals surface area contributed by atoms with Crippen LogP contribution in [0, 0.1) is 5.92 Å². The summed E-state index contributed by atoms with van der Waals surface area (Å²) in [7, 11) is -0.279. The van der Waals surface area contributed by atoms with Crippen molar-refractivity contribution >= 4 is 14.7 Å². The van der Waals surface area contributed by atoms with Gasteiger partial charge in [0.05, 0.1) is 0 Å². The van der Waals surface area contributed by atoms with Gasteiger partial charge in [-0.05, 0) is 0 Å². The first-order chi connectivity index (χ1) is 10.1. The van der Waals surface area contributed by atoms with Crippen molar-refractivity contribution in [1.29, 1.82) is 0 Å². The Morgan fingerprint density at radius 1 is 1.17 bits per heavy atom. The Morgan fingerprint density at radius 3 is 2.46 bits per heavy atom. The fourth-order valence-electron chi connectivity index (χ4n) is 4.52. The number of hydrogen-bond acceptors (Lipinski definition) is 0. The molecule has 3 unspecified atom stereocenters. The average Bonchev–Trinajstić information content (AvgIpc) is 2.69. The van der Waals surface area contributed by atoms with Gasteiger partial charge in [0, 0.05) is 0 Å². The van der Waals surface area contributed by atoms with Crippen LogP contribution in [0.15, 0.2) is 54.1 Å². The van der Waals surface area contributed by atoms with Crippen molar-refractivity contribution in [3.05, 3.63) is 54.1 Å². The fraction of sp³-hybridized carbons (Fsp3) is 0.474. The van der Waals surface area contributed by atoms with Crippen LogP contribution in [0.1, 0.15) is 39.5 Å². The van der Waals surface area contributed by atoms with Crippen molar-refractivity contribution in [3.63, 3.8) is 0 Å². The second kappa shape index (κ2) is 10.00. The Hall–Kier alpha value is 0.501. The van der Waals surface area contributed by atoms with Crippen molar-refractivity contribution < 1.29 is 57.7 Å². The van der Waals surface area contributed by atoms with E-state index in [-0.39, 0.29) is 46.7 Å². The topological polar surface area (TPSA) is 0 Å². The van der Waals surface area contributed by atoms with Gasteiger partial charge in [-0.1, -0.05) is 0 Å². The summed E-state index contributed by atoms with van der Waals surface area (Å²) in [6.07, 6.45) is 12.4. The van der Waals surface area contributed by atoms with Crippen LogP contribution >= 0.6 is 0 Å². The first-order valence-electron chi connectivity index (χ1n) is 8.25. The molecule has 0 bridgehead atoms. The van der Waals surface area contributed by atoms with Crippen LogP contribution in [0.2, 0.25) is 8.76 Å². The number of halogens is 3. The SMILES string of the molecule is CCC[C]1([Ti+3])C2=CC=CCC2CC1(C)[SiH2]c1ccccc1.[Cl-].[Cl-].[Cl-]. The summed E-state index contributed by atoms with van der Waals surface area (Å²) in [5.74, 6) is 0.813. The summed E-state index contributed by atoms with van der Waals surface area (Å²) in [6.45, 7) is 4.95. The summed E-state index contributed by atoms with van der Waals surface area (Å²) in [4.78, 5) is 0. The molecule has 1 saturated carbocycles. The molecule has 1 aromatic carbocycles. The fourth-order valence-corrected chi connectivity index (χ4v) is 8.52. The number of allylic oxidation sites excluding steroid dienone is 4. The van der Waals surface area contributed by atoms with Crippen molar-refractivity contribution in [3.8, 4) is 0 Å². The maximum Gasteiger partial charge on any atom is -1.00 e. The van der Waals surface area contributed by atoms with Crippen molar-refractivity contribution in [2.75, 3.05) is 0 Å². The molecule has 0 heterocycles. The maximum atomic E-state index is 2.60. The van der Waals surface area contributed by atoms with Crippen LogP contribution in [0.5, 0.6) is 0 Å². The zero-order valence-electron chi connectivity index (χ0n) is 14.4. The molecule has 0 amide bonds. The molecule has 0 N–H and O–H groups in total. The molecule has 1 aromatic rings. The van der Waals surface area contributed by atoms with Crippen molar-refractivity contribution in [1.82, 2.24) is 0 Å². The van der Waals surface area contributed by atoms with Crippen LogP contribution in [0.4, 0.5) is 0 Å². The van der Waals surface area contributed by atoms with Crippen LogP contribution < -0.4 is 42.4 Å². The molecule has 2 aliphatic carbocycles. The Labute approximate surface area is 179 Å². The molecule has 24 heavy (non-hydrogen) atoms. The van der Waals surface area contributed by atoms with E-state index in [2.05, 4.69) is 82.8 Å². The van der Waals surface area contributed by atoms with Gasteiger partial charge >= 0.3 is 143 Å². The van der Waals surface area contributed by atoms with E-state index in [0.29, 0.717) is 8.76 Å². The minimum Gasteiger partial charge on any atom is -1.00 e. The van der Waals surface area contributed by atoms with E-state index in [0.717, 1.165) is 5.92 Å². The number of fused-ring (bicyclic) bond motifs is 1. The van der Waals surface area contributed by atoms with E-state index < -0.39 is 0 Å². The summed E-state index contributed by atoms with van der Waals surface area (Å²) < 4.78 is 0.416. The summed E-state index contributed by atoms with van der Waals surface area (Å²) in [5.41, 5.74) is 1.76. The van der Waals surface area contributed by atoms with Gasteiger partial charge in [-0.15, -0.1) is 0 Å². The molecular formula is C19H25Cl3SiTi. The molecule has 0 spiro atoms. The molecule has 0 aliphatic heterocycles. The molecule has 2 aliphatic rings. The molecule has 0 saturated heterocycles. The molecular weight excluding hydrogens is 411 g/mol. The molecule has 0 radical (unpaired) electrons. The van der Waals surface area contributed by atoms with Gasteiger partial charge in [0.2, 0.25) is 0 Å². The third-order valence-corrected chi connectivity index (χ3v) is 10.4. The molecule has 5 heteroatoms. The third kappa shape index (κ3) is 4.42. The zero-order valence-corrected chi connectivity index (χ0v) is 19.6. The Balaban J connectivity index is 0.00000176. The Kier molecular flexibility index (Phi) is 10.2. The first-order valence-corrected chi connectivity index (χ1v) is 10.4. The maximum absolute atomic E-state index is 2.60. The van der Waals surface area contributed by atoms with Gasteiger partial charge in [-0.3, -0.25) is 0 Å². The van der Waals surface area contributed by atoms with E-state index in [4.69, 9.17) is 0 Å². The van der Waals surface area contributed by atoms with E-state index in [1.807, 2.05) is 0 Å². The van der Waals surface area contributed by atoms with Gasteiger partial charge in [0.25, 0.3) is 0 Å². The minimum absolute atomic E-state index is 0. The predicted molar refractivity (Wildman–Crippen MR) is 90.5 cm³/mol. The zero-order chi connectivity index (χ0) is 14.9. The van der Waals surface area contributed by atoms with Crippen molar-refractivity contribution in [2.45, 2.75) is 48.3 Å². The summed E-state index contributed by atoms with van der Waals surface area (Å²) in [6, 6.07) is 11.3. The molecule has 3 atom stereocenters. The van der Waals surface area contributed by atoms with E-state index in [1.165, 1.54) is 25.7 Å². The van der Waals surface area contributed by atoms with E-state index in [1.54, 1.807) is 10.8 Å². The van der Waals surface area contributed by atoms with Crippen LogP contribution in [-0.4, -0.2) is 9.52 Å². The van der Waals surface area contributed by atoms with E-state index >= 15 is 0 Å². The average molecular weight is 436 g/mol. The third-order valence-electron chi connectivity index (χ3n) is 5.55. The monoisotopic (exact) mass is 434 g/mol. The van der Waals surface area contributed by atoms with Gasteiger partial charge in [-0.2, -0.15) is 0 Å². The van der Waals surface area contributed by atoms with E-state index in [9.17, 15) is 0 Å².